The standard InChI is InChI=1S/C17H26N2O2/c1-13-5-9-15(10-6-13)21-12-4-3-11-17(2,16(18)20)19-14-7-8-14/h5-6,9-10,14,19H,3-4,7-8,11-12H2,1-2H3,(H2,18,20). The Morgan fingerprint density at radius 3 is 2.57 bits per heavy atom. The Balaban J connectivity index is 1.67. The first-order valence-corrected chi connectivity index (χ1v) is 7.77. The minimum absolute atomic E-state index is 0.256. The van der Waals surface area contributed by atoms with E-state index in [0.717, 1.165) is 37.9 Å². The molecule has 1 fully saturated rings. The number of ether oxygens (including phenoxy) is 1. The van der Waals surface area contributed by atoms with E-state index in [1.54, 1.807) is 0 Å². The first-order valence-electron chi connectivity index (χ1n) is 7.77. The number of nitrogens with one attached hydrogen (secondary N) is 1. The first kappa shape index (κ1) is 15.8. The quantitative estimate of drug-likeness (QED) is 0.687. The first-order chi connectivity index (χ1) is 9.99. The van der Waals surface area contributed by atoms with E-state index in [1.807, 2.05) is 31.2 Å². The lowest BCUT2D eigenvalue weighted by Crippen LogP contribution is -2.53. The number of amides is 1. The average molecular weight is 290 g/mol. The largest absolute Gasteiger partial charge is 0.494 e. The molecule has 0 saturated heterocycles. The van der Waals surface area contributed by atoms with Gasteiger partial charge in [0.25, 0.3) is 0 Å². The number of hydrogen-bond donors (Lipinski definition) is 2. The summed E-state index contributed by atoms with van der Waals surface area (Å²) in [5.74, 6) is 0.642. The normalized spacial score (nSPS) is 17.2. The van der Waals surface area contributed by atoms with E-state index in [1.165, 1.54) is 5.56 Å². The molecule has 2 rings (SSSR count). The van der Waals surface area contributed by atoms with E-state index in [0.29, 0.717) is 12.6 Å². The molecule has 0 heterocycles. The Kier molecular flexibility index (Phi) is 5.23. The third kappa shape index (κ3) is 5.05. The number of aryl methyl sites for hydroxylation is 1. The van der Waals surface area contributed by atoms with Gasteiger partial charge in [0, 0.05) is 6.04 Å². The van der Waals surface area contributed by atoms with Crippen molar-refractivity contribution in [2.45, 2.75) is 57.5 Å². The van der Waals surface area contributed by atoms with Crippen LogP contribution in [0.2, 0.25) is 0 Å². The van der Waals surface area contributed by atoms with Gasteiger partial charge in [-0.3, -0.25) is 4.79 Å². The lowest BCUT2D eigenvalue weighted by molar-refractivity contribution is -0.124. The molecule has 0 spiro atoms. The topological polar surface area (TPSA) is 64.3 Å². The zero-order valence-electron chi connectivity index (χ0n) is 13.0. The predicted octanol–water partition coefficient (Wildman–Crippen LogP) is 2.54. The van der Waals surface area contributed by atoms with Gasteiger partial charge < -0.3 is 15.8 Å². The summed E-state index contributed by atoms with van der Waals surface area (Å²) >= 11 is 0. The van der Waals surface area contributed by atoms with Crippen molar-refractivity contribution in [3.63, 3.8) is 0 Å². The van der Waals surface area contributed by atoms with Gasteiger partial charge >= 0.3 is 0 Å². The number of primary amides is 1. The van der Waals surface area contributed by atoms with Gasteiger partial charge in [-0.05, 0) is 58.1 Å². The van der Waals surface area contributed by atoms with Crippen LogP contribution in [0.3, 0.4) is 0 Å². The molecule has 0 aromatic heterocycles. The van der Waals surface area contributed by atoms with E-state index in [4.69, 9.17) is 10.5 Å². The number of carbonyl (C=O) groups is 1. The summed E-state index contributed by atoms with van der Waals surface area (Å²) in [6.45, 7) is 4.64. The van der Waals surface area contributed by atoms with Crippen molar-refractivity contribution in [1.82, 2.24) is 5.32 Å². The molecule has 1 aliphatic rings. The zero-order chi connectivity index (χ0) is 15.3. The highest BCUT2D eigenvalue weighted by molar-refractivity contribution is 5.84. The van der Waals surface area contributed by atoms with Crippen LogP contribution in [0.4, 0.5) is 0 Å². The van der Waals surface area contributed by atoms with Crippen LogP contribution in [0.25, 0.3) is 0 Å². The van der Waals surface area contributed by atoms with Gasteiger partial charge in [0.15, 0.2) is 0 Å². The van der Waals surface area contributed by atoms with E-state index >= 15 is 0 Å². The predicted molar refractivity (Wildman–Crippen MR) is 84.3 cm³/mol. The van der Waals surface area contributed by atoms with Gasteiger partial charge in [-0.2, -0.15) is 0 Å². The highest BCUT2D eigenvalue weighted by Gasteiger charge is 2.36. The third-order valence-corrected chi connectivity index (χ3v) is 4.00. The molecule has 1 aromatic carbocycles. The fraction of sp³-hybridized carbons (Fsp3) is 0.588. The molecule has 1 atom stereocenters. The summed E-state index contributed by atoms with van der Waals surface area (Å²) in [5.41, 5.74) is 6.18. The molecular weight excluding hydrogens is 264 g/mol. The molecule has 0 radical (unpaired) electrons. The minimum Gasteiger partial charge on any atom is -0.494 e. The van der Waals surface area contributed by atoms with Gasteiger partial charge in [-0.25, -0.2) is 0 Å². The Morgan fingerprint density at radius 1 is 1.33 bits per heavy atom. The number of carbonyl (C=O) groups excluding carboxylic acids is 1. The Labute approximate surface area is 127 Å². The molecule has 3 N–H and O–H groups in total. The van der Waals surface area contributed by atoms with Crippen LogP contribution in [0.5, 0.6) is 5.75 Å². The summed E-state index contributed by atoms with van der Waals surface area (Å²) in [6.07, 6.45) is 4.91. The Bertz CT molecular complexity index is 468. The maximum Gasteiger partial charge on any atom is 0.237 e. The van der Waals surface area contributed by atoms with E-state index in [-0.39, 0.29) is 5.91 Å². The molecule has 1 saturated carbocycles. The van der Waals surface area contributed by atoms with Gasteiger partial charge in [0.2, 0.25) is 5.91 Å². The number of hydrogen-bond acceptors (Lipinski definition) is 3. The molecule has 4 nitrogen and oxygen atoms in total. The molecule has 1 amide bonds. The van der Waals surface area contributed by atoms with Gasteiger partial charge in [-0.1, -0.05) is 17.7 Å². The molecule has 1 aliphatic carbocycles. The van der Waals surface area contributed by atoms with Crippen molar-refractivity contribution in [2.24, 2.45) is 5.73 Å². The molecule has 0 aliphatic heterocycles. The number of rotatable bonds is 9. The second-order valence-corrected chi connectivity index (χ2v) is 6.23. The van der Waals surface area contributed by atoms with Crippen LogP contribution < -0.4 is 15.8 Å². The smallest absolute Gasteiger partial charge is 0.237 e. The maximum absolute atomic E-state index is 11.6. The summed E-state index contributed by atoms with van der Waals surface area (Å²) in [6, 6.07) is 8.53. The number of benzene rings is 1. The average Bonchev–Trinajstić information content (AvgIpc) is 3.24. The van der Waals surface area contributed by atoms with Crippen molar-refractivity contribution in [1.29, 1.82) is 0 Å². The monoisotopic (exact) mass is 290 g/mol. The zero-order valence-corrected chi connectivity index (χ0v) is 13.0. The van der Waals surface area contributed by atoms with E-state index < -0.39 is 5.54 Å². The number of nitrogens with two attached hydrogens (primary N) is 1. The van der Waals surface area contributed by atoms with Crippen LogP contribution in [-0.2, 0) is 4.79 Å². The summed E-state index contributed by atoms with van der Waals surface area (Å²) < 4.78 is 5.69. The summed E-state index contributed by atoms with van der Waals surface area (Å²) in [5, 5.41) is 3.37. The van der Waals surface area contributed by atoms with E-state index in [2.05, 4.69) is 12.2 Å². The number of unbranched alkanes of at least 4 members (excludes halogenated alkanes) is 1. The van der Waals surface area contributed by atoms with Crippen LogP contribution in [0.15, 0.2) is 24.3 Å². The molecule has 0 bridgehead atoms. The Morgan fingerprint density at radius 2 is 2.00 bits per heavy atom. The van der Waals surface area contributed by atoms with Crippen molar-refractivity contribution in [3.8, 4) is 5.75 Å². The fourth-order valence-electron chi connectivity index (χ4n) is 2.35. The molecule has 1 unspecified atom stereocenters. The highest BCUT2D eigenvalue weighted by atomic mass is 16.5. The highest BCUT2D eigenvalue weighted by Crippen LogP contribution is 2.25. The molecular formula is C17H26N2O2. The minimum atomic E-state index is -0.578. The van der Waals surface area contributed by atoms with Crippen molar-refractivity contribution >= 4 is 5.91 Å². The van der Waals surface area contributed by atoms with Crippen LogP contribution >= 0.6 is 0 Å². The second kappa shape index (κ2) is 6.94. The van der Waals surface area contributed by atoms with Crippen molar-refractivity contribution < 1.29 is 9.53 Å². The van der Waals surface area contributed by atoms with Crippen molar-refractivity contribution in [3.05, 3.63) is 29.8 Å². The summed E-state index contributed by atoms with van der Waals surface area (Å²) in [4.78, 5) is 11.6. The van der Waals surface area contributed by atoms with Crippen LogP contribution in [-0.4, -0.2) is 24.1 Å². The Hall–Kier alpha value is -1.55. The lowest BCUT2D eigenvalue weighted by Gasteiger charge is -2.27. The molecule has 4 heteroatoms. The fourth-order valence-corrected chi connectivity index (χ4v) is 2.35. The van der Waals surface area contributed by atoms with Crippen molar-refractivity contribution in [2.75, 3.05) is 6.61 Å². The molecule has 21 heavy (non-hydrogen) atoms. The molecule has 116 valence electrons. The second-order valence-electron chi connectivity index (χ2n) is 6.23. The van der Waals surface area contributed by atoms with Gasteiger partial charge in [-0.15, -0.1) is 0 Å². The molecule has 1 aromatic rings. The third-order valence-electron chi connectivity index (χ3n) is 4.00. The maximum atomic E-state index is 11.6. The van der Waals surface area contributed by atoms with Gasteiger partial charge in [0.1, 0.15) is 5.75 Å². The van der Waals surface area contributed by atoms with Crippen LogP contribution in [0.1, 0.15) is 44.6 Å². The summed E-state index contributed by atoms with van der Waals surface area (Å²) in [7, 11) is 0. The van der Waals surface area contributed by atoms with Crippen LogP contribution in [0, 0.1) is 6.92 Å². The lowest BCUT2D eigenvalue weighted by atomic mass is 9.94. The van der Waals surface area contributed by atoms with Gasteiger partial charge in [0.05, 0.1) is 12.1 Å². The SMILES string of the molecule is Cc1ccc(OCCCCC(C)(NC2CC2)C(N)=O)cc1. The van der Waals surface area contributed by atoms with E-state index in [9.17, 15) is 4.79 Å².